The molecule has 5 rings (SSSR count). The molecule has 0 spiro atoms. The number of benzene rings is 1. The molecule has 3 fully saturated rings. The molecule has 0 aliphatic carbocycles. The van der Waals surface area contributed by atoms with Gasteiger partial charge < -0.3 is 10.2 Å². The Balaban J connectivity index is 1.57. The van der Waals surface area contributed by atoms with Crippen molar-refractivity contribution >= 4 is 26.7 Å². The Morgan fingerprint density at radius 1 is 1.22 bits per heavy atom. The lowest BCUT2D eigenvalue weighted by molar-refractivity contribution is 0.0975. The number of para-hydroxylation sites is 1. The van der Waals surface area contributed by atoms with Gasteiger partial charge in [0.05, 0.1) is 10.2 Å². The quantitative estimate of drug-likeness (QED) is 0.899. The molecule has 1 N–H and O–H groups in total. The minimum absolute atomic E-state index is 0.605. The van der Waals surface area contributed by atoms with E-state index >= 15 is 0 Å². The fraction of sp³-hybridized carbons (Fsp3) is 0.500. The van der Waals surface area contributed by atoms with Gasteiger partial charge in [0.2, 0.25) is 0 Å². The Bertz CT molecular complexity index is 524. The molecule has 3 nitrogen and oxygen atoms in total. The average molecular weight is 259 g/mol. The van der Waals surface area contributed by atoms with Crippen molar-refractivity contribution < 1.29 is 0 Å². The van der Waals surface area contributed by atoms with Gasteiger partial charge >= 0.3 is 0 Å². The van der Waals surface area contributed by atoms with E-state index in [2.05, 4.69) is 39.5 Å². The van der Waals surface area contributed by atoms with Crippen molar-refractivity contribution in [1.82, 2.24) is 9.88 Å². The standard InChI is InChI=1S/C14H17N3S/c1-2-4-13-11(3-1)15-14(18-13)16-12-9-17-7-5-10(12)6-8-17/h1-4,10,12H,5-9H2,(H,15,16). The number of rotatable bonds is 2. The van der Waals surface area contributed by atoms with Crippen LogP contribution in [0, 0.1) is 5.92 Å². The SMILES string of the molecule is c1ccc2sc(NC3CN4CCC3CC4)nc2c1. The third-order valence-corrected chi connectivity index (χ3v) is 5.23. The highest BCUT2D eigenvalue weighted by atomic mass is 32.1. The van der Waals surface area contributed by atoms with Gasteiger partial charge in [0.1, 0.15) is 0 Å². The van der Waals surface area contributed by atoms with E-state index in [1.54, 1.807) is 11.3 Å². The lowest BCUT2D eigenvalue weighted by Crippen LogP contribution is -2.53. The van der Waals surface area contributed by atoms with Crippen molar-refractivity contribution in [1.29, 1.82) is 0 Å². The first kappa shape index (κ1) is 10.8. The number of piperidine rings is 3. The molecule has 3 saturated heterocycles. The topological polar surface area (TPSA) is 28.2 Å². The zero-order chi connectivity index (χ0) is 11.9. The van der Waals surface area contributed by atoms with Crippen LogP contribution in [0.15, 0.2) is 24.3 Å². The van der Waals surface area contributed by atoms with Gasteiger partial charge in [0.15, 0.2) is 5.13 Å². The molecule has 2 bridgehead atoms. The first-order chi connectivity index (χ1) is 8.88. The van der Waals surface area contributed by atoms with E-state index in [9.17, 15) is 0 Å². The molecule has 0 amide bonds. The lowest BCUT2D eigenvalue weighted by Gasteiger charge is -2.44. The van der Waals surface area contributed by atoms with Gasteiger partial charge in [-0.2, -0.15) is 0 Å². The van der Waals surface area contributed by atoms with Crippen LogP contribution in [0.3, 0.4) is 0 Å². The van der Waals surface area contributed by atoms with Crippen molar-refractivity contribution in [2.75, 3.05) is 25.0 Å². The van der Waals surface area contributed by atoms with Crippen molar-refractivity contribution in [2.45, 2.75) is 18.9 Å². The number of anilines is 1. The van der Waals surface area contributed by atoms with E-state index in [0.717, 1.165) is 16.6 Å². The summed E-state index contributed by atoms with van der Waals surface area (Å²) in [5.74, 6) is 0.849. The Morgan fingerprint density at radius 3 is 2.78 bits per heavy atom. The molecule has 3 aliphatic heterocycles. The van der Waals surface area contributed by atoms with E-state index in [0.29, 0.717) is 6.04 Å². The molecule has 4 heteroatoms. The highest BCUT2D eigenvalue weighted by Crippen LogP contribution is 2.32. The van der Waals surface area contributed by atoms with Gasteiger partial charge in [0, 0.05) is 12.6 Å². The van der Waals surface area contributed by atoms with Crippen LogP contribution >= 0.6 is 11.3 Å². The maximum absolute atomic E-state index is 4.68. The molecule has 0 saturated carbocycles. The molecule has 1 aromatic heterocycles. The predicted octanol–water partition coefficient (Wildman–Crippen LogP) is 2.80. The van der Waals surface area contributed by atoms with Gasteiger partial charge in [0.25, 0.3) is 0 Å². The molecule has 3 aliphatic rings. The largest absolute Gasteiger partial charge is 0.357 e. The maximum atomic E-state index is 4.68. The van der Waals surface area contributed by atoms with E-state index in [1.807, 2.05) is 0 Å². The number of nitrogens with one attached hydrogen (secondary N) is 1. The third-order valence-electron chi connectivity index (χ3n) is 4.26. The minimum atomic E-state index is 0.605. The van der Waals surface area contributed by atoms with Gasteiger partial charge in [-0.3, -0.25) is 0 Å². The zero-order valence-corrected chi connectivity index (χ0v) is 11.1. The van der Waals surface area contributed by atoms with Gasteiger partial charge in [-0.1, -0.05) is 23.5 Å². The summed E-state index contributed by atoms with van der Waals surface area (Å²) in [5.41, 5.74) is 1.12. The normalized spacial score (nSPS) is 30.8. The molecular formula is C14H17N3S. The summed E-state index contributed by atoms with van der Waals surface area (Å²) in [6.07, 6.45) is 2.70. The van der Waals surface area contributed by atoms with E-state index < -0.39 is 0 Å². The molecule has 4 heterocycles. The Kier molecular flexibility index (Phi) is 2.52. The molecule has 18 heavy (non-hydrogen) atoms. The maximum Gasteiger partial charge on any atom is 0.184 e. The number of thiazole rings is 1. The van der Waals surface area contributed by atoms with E-state index in [4.69, 9.17) is 0 Å². The number of hydrogen-bond donors (Lipinski definition) is 1. The van der Waals surface area contributed by atoms with Crippen molar-refractivity contribution in [3.8, 4) is 0 Å². The van der Waals surface area contributed by atoms with Gasteiger partial charge in [-0.25, -0.2) is 4.98 Å². The predicted molar refractivity (Wildman–Crippen MR) is 76.2 cm³/mol. The van der Waals surface area contributed by atoms with Crippen LogP contribution in [0.4, 0.5) is 5.13 Å². The van der Waals surface area contributed by atoms with Crippen LogP contribution in [0.25, 0.3) is 10.2 Å². The first-order valence-corrected chi connectivity index (χ1v) is 7.54. The summed E-state index contributed by atoms with van der Waals surface area (Å²) in [7, 11) is 0. The first-order valence-electron chi connectivity index (χ1n) is 6.73. The Hall–Kier alpha value is -1.13. The second kappa shape index (κ2) is 4.21. The molecule has 1 unspecified atom stereocenters. The number of nitrogens with zero attached hydrogens (tertiary/aromatic N) is 2. The number of aromatic nitrogens is 1. The third kappa shape index (κ3) is 1.80. The lowest BCUT2D eigenvalue weighted by atomic mass is 9.84. The highest BCUT2D eigenvalue weighted by Gasteiger charge is 2.34. The Labute approximate surface area is 111 Å². The second-order valence-corrected chi connectivity index (χ2v) is 6.41. The van der Waals surface area contributed by atoms with E-state index in [1.165, 1.54) is 37.2 Å². The monoisotopic (exact) mass is 259 g/mol. The van der Waals surface area contributed by atoms with Crippen LogP contribution in [0.5, 0.6) is 0 Å². The fourth-order valence-corrected chi connectivity index (χ4v) is 4.15. The molecule has 1 aromatic carbocycles. The molecule has 0 radical (unpaired) electrons. The van der Waals surface area contributed by atoms with Gasteiger partial charge in [-0.05, 0) is 44.0 Å². The molecular weight excluding hydrogens is 242 g/mol. The van der Waals surface area contributed by atoms with Crippen LogP contribution in [-0.2, 0) is 0 Å². The van der Waals surface area contributed by atoms with E-state index in [-0.39, 0.29) is 0 Å². The molecule has 1 atom stereocenters. The van der Waals surface area contributed by atoms with Gasteiger partial charge in [-0.15, -0.1) is 0 Å². The second-order valence-electron chi connectivity index (χ2n) is 5.38. The highest BCUT2D eigenvalue weighted by molar-refractivity contribution is 7.22. The summed E-state index contributed by atoms with van der Waals surface area (Å²) in [6, 6.07) is 8.98. The van der Waals surface area contributed by atoms with Crippen molar-refractivity contribution in [3.05, 3.63) is 24.3 Å². The minimum Gasteiger partial charge on any atom is -0.357 e. The van der Waals surface area contributed by atoms with Crippen LogP contribution in [-0.4, -0.2) is 35.6 Å². The summed E-state index contributed by atoms with van der Waals surface area (Å²) >= 11 is 1.78. The van der Waals surface area contributed by atoms with Crippen molar-refractivity contribution in [3.63, 3.8) is 0 Å². The summed E-state index contributed by atoms with van der Waals surface area (Å²) in [4.78, 5) is 7.25. The van der Waals surface area contributed by atoms with Crippen LogP contribution in [0.2, 0.25) is 0 Å². The zero-order valence-electron chi connectivity index (χ0n) is 10.3. The fourth-order valence-electron chi connectivity index (χ4n) is 3.22. The number of fused-ring (bicyclic) bond motifs is 4. The average Bonchev–Trinajstić information content (AvgIpc) is 2.82. The Morgan fingerprint density at radius 2 is 2.06 bits per heavy atom. The number of hydrogen-bond acceptors (Lipinski definition) is 4. The summed E-state index contributed by atoms with van der Waals surface area (Å²) in [5, 5.41) is 4.76. The van der Waals surface area contributed by atoms with Crippen molar-refractivity contribution in [2.24, 2.45) is 5.92 Å². The van der Waals surface area contributed by atoms with Crippen LogP contribution < -0.4 is 5.32 Å². The molecule has 2 aromatic rings. The summed E-state index contributed by atoms with van der Waals surface area (Å²) in [6.45, 7) is 3.78. The summed E-state index contributed by atoms with van der Waals surface area (Å²) < 4.78 is 1.28. The molecule has 94 valence electrons. The smallest absolute Gasteiger partial charge is 0.184 e. The van der Waals surface area contributed by atoms with Crippen LogP contribution in [0.1, 0.15) is 12.8 Å².